The van der Waals surface area contributed by atoms with Crippen molar-refractivity contribution >= 4 is 9.84 Å². The SMILES string of the molecule is CS(=O)(=O)c1ccc(-c2cn(-c3ccc(F)cc3F)c(C(F)(F)F)n2)cc1. The number of benzene rings is 2. The lowest BCUT2D eigenvalue weighted by molar-refractivity contribution is -0.145. The van der Waals surface area contributed by atoms with Gasteiger partial charge in [-0.3, -0.25) is 4.57 Å². The lowest BCUT2D eigenvalue weighted by Crippen LogP contribution is -2.14. The highest BCUT2D eigenvalue weighted by Crippen LogP contribution is 2.34. The smallest absolute Gasteiger partial charge is 0.293 e. The number of rotatable bonds is 3. The van der Waals surface area contributed by atoms with Gasteiger partial charge in [-0.25, -0.2) is 22.2 Å². The molecule has 0 saturated carbocycles. The lowest BCUT2D eigenvalue weighted by Gasteiger charge is -2.10. The number of aromatic nitrogens is 2. The molecule has 142 valence electrons. The van der Waals surface area contributed by atoms with Gasteiger partial charge in [0.1, 0.15) is 11.6 Å². The van der Waals surface area contributed by atoms with E-state index in [9.17, 15) is 30.4 Å². The van der Waals surface area contributed by atoms with Crippen LogP contribution in [0.3, 0.4) is 0 Å². The molecule has 0 amide bonds. The van der Waals surface area contributed by atoms with Crippen molar-refractivity contribution in [2.24, 2.45) is 0 Å². The Hall–Kier alpha value is -2.75. The van der Waals surface area contributed by atoms with Gasteiger partial charge >= 0.3 is 6.18 Å². The molecule has 0 unspecified atom stereocenters. The third-order valence-corrected chi connectivity index (χ3v) is 4.84. The standard InChI is InChI=1S/C17H11F5N2O2S/c1-27(25,26)12-5-2-10(3-6-12)14-9-24(16(23-14)17(20,21)22)15-7-4-11(18)8-13(15)19/h2-9H,1H3. The number of hydrogen-bond donors (Lipinski definition) is 0. The minimum Gasteiger partial charge on any atom is -0.293 e. The van der Waals surface area contributed by atoms with Gasteiger partial charge in [-0.05, 0) is 24.3 Å². The van der Waals surface area contributed by atoms with E-state index in [-0.39, 0.29) is 16.2 Å². The molecule has 0 N–H and O–H groups in total. The summed E-state index contributed by atoms with van der Waals surface area (Å²) in [4.78, 5) is 3.50. The van der Waals surface area contributed by atoms with Gasteiger partial charge < -0.3 is 0 Å². The van der Waals surface area contributed by atoms with E-state index in [2.05, 4.69) is 4.98 Å². The van der Waals surface area contributed by atoms with Crippen LogP contribution in [0.4, 0.5) is 22.0 Å². The van der Waals surface area contributed by atoms with Gasteiger partial charge in [0.2, 0.25) is 5.82 Å². The molecular formula is C17H11F5N2O2S. The summed E-state index contributed by atoms with van der Waals surface area (Å²) >= 11 is 0. The highest BCUT2D eigenvalue weighted by Gasteiger charge is 2.38. The molecule has 10 heteroatoms. The maximum absolute atomic E-state index is 14.0. The topological polar surface area (TPSA) is 52.0 Å². The minimum atomic E-state index is -4.90. The Kier molecular flexibility index (Phi) is 4.54. The van der Waals surface area contributed by atoms with E-state index in [0.29, 0.717) is 10.6 Å². The van der Waals surface area contributed by atoms with E-state index >= 15 is 0 Å². The van der Waals surface area contributed by atoms with Crippen LogP contribution >= 0.6 is 0 Å². The maximum atomic E-state index is 14.0. The van der Waals surface area contributed by atoms with Crippen molar-refractivity contribution in [2.45, 2.75) is 11.1 Å². The quantitative estimate of drug-likeness (QED) is 0.616. The van der Waals surface area contributed by atoms with E-state index in [1.807, 2.05) is 0 Å². The second-order valence-corrected chi connectivity index (χ2v) is 7.73. The number of imidazole rings is 1. The van der Waals surface area contributed by atoms with Crippen molar-refractivity contribution in [2.75, 3.05) is 6.26 Å². The number of hydrogen-bond acceptors (Lipinski definition) is 3. The maximum Gasteiger partial charge on any atom is 0.450 e. The first-order valence-electron chi connectivity index (χ1n) is 7.39. The van der Waals surface area contributed by atoms with Crippen molar-refractivity contribution in [3.05, 3.63) is 66.1 Å². The molecule has 0 saturated heterocycles. The van der Waals surface area contributed by atoms with Crippen LogP contribution in [0.15, 0.2) is 53.6 Å². The highest BCUT2D eigenvalue weighted by molar-refractivity contribution is 7.90. The first-order valence-corrected chi connectivity index (χ1v) is 9.28. The average molecular weight is 402 g/mol. The lowest BCUT2D eigenvalue weighted by atomic mass is 10.2. The molecule has 27 heavy (non-hydrogen) atoms. The van der Waals surface area contributed by atoms with E-state index in [4.69, 9.17) is 0 Å². The normalized spacial score (nSPS) is 12.4. The summed E-state index contributed by atoms with van der Waals surface area (Å²) in [6, 6.07) is 7.23. The van der Waals surface area contributed by atoms with E-state index in [1.54, 1.807) is 0 Å². The number of sulfone groups is 1. The van der Waals surface area contributed by atoms with Gasteiger partial charge in [0.15, 0.2) is 9.84 Å². The van der Waals surface area contributed by atoms with E-state index < -0.39 is 39.2 Å². The van der Waals surface area contributed by atoms with Crippen LogP contribution in [-0.2, 0) is 16.0 Å². The molecule has 0 atom stereocenters. The molecule has 0 bridgehead atoms. The van der Waals surface area contributed by atoms with Gasteiger partial charge in [-0.15, -0.1) is 0 Å². The van der Waals surface area contributed by atoms with Gasteiger partial charge in [0.05, 0.1) is 16.3 Å². The third kappa shape index (κ3) is 3.85. The molecule has 0 aliphatic carbocycles. The Balaban J connectivity index is 2.15. The summed E-state index contributed by atoms with van der Waals surface area (Å²) in [5, 5.41) is 0. The molecule has 0 spiro atoms. The van der Waals surface area contributed by atoms with Gasteiger partial charge in [0.25, 0.3) is 0 Å². The summed E-state index contributed by atoms with van der Waals surface area (Å²) in [5.41, 5.74) is -0.462. The largest absolute Gasteiger partial charge is 0.450 e. The second kappa shape index (κ2) is 6.45. The molecule has 0 radical (unpaired) electrons. The van der Waals surface area contributed by atoms with Crippen LogP contribution in [0.5, 0.6) is 0 Å². The third-order valence-electron chi connectivity index (χ3n) is 3.71. The molecule has 3 aromatic rings. The number of alkyl halides is 3. The number of halogens is 5. The Morgan fingerprint density at radius 2 is 1.63 bits per heavy atom. The molecule has 3 rings (SSSR count). The molecule has 1 heterocycles. The molecule has 1 aromatic heterocycles. The first kappa shape index (κ1) is 19.0. The van der Waals surface area contributed by atoms with E-state index in [0.717, 1.165) is 24.6 Å². The fourth-order valence-corrected chi connectivity index (χ4v) is 3.08. The van der Waals surface area contributed by atoms with Crippen LogP contribution in [0.2, 0.25) is 0 Å². The highest BCUT2D eigenvalue weighted by atomic mass is 32.2. The average Bonchev–Trinajstić information content (AvgIpc) is 2.99. The molecular weight excluding hydrogens is 391 g/mol. The predicted molar refractivity (Wildman–Crippen MR) is 87.0 cm³/mol. The minimum absolute atomic E-state index is 0.00805. The van der Waals surface area contributed by atoms with Crippen LogP contribution in [0.25, 0.3) is 16.9 Å². The summed E-state index contributed by atoms with van der Waals surface area (Å²) < 4.78 is 90.5. The van der Waals surface area contributed by atoms with Crippen LogP contribution in [-0.4, -0.2) is 24.2 Å². The summed E-state index contributed by atoms with van der Waals surface area (Å²) in [5.74, 6) is -3.51. The zero-order valence-corrected chi connectivity index (χ0v) is 14.4. The Morgan fingerprint density at radius 1 is 1.00 bits per heavy atom. The fourth-order valence-electron chi connectivity index (χ4n) is 2.45. The molecule has 2 aromatic carbocycles. The fraction of sp³-hybridized carbons (Fsp3) is 0.118. The van der Waals surface area contributed by atoms with Gasteiger partial charge in [-0.2, -0.15) is 13.2 Å². The zero-order valence-electron chi connectivity index (χ0n) is 13.6. The molecule has 0 fully saturated rings. The summed E-state index contributed by atoms with van der Waals surface area (Å²) in [6.07, 6.45) is -2.95. The van der Waals surface area contributed by atoms with Crippen LogP contribution in [0.1, 0.15) is 5.82 Å². The molecule has 0 aliphatic rings. The van der Waals surface area contributed by atoms with Crippen molar-refractivity contribution in [1.82, 2.24) is 9.55 Å². The summed E-state index contributed by atoms with van der Waals surface area (Å²) in [6.45, 7) is 0. The number of nitrogens with zero attached hydrogens (tertiary/aromatic N) is 2. The van der Waals surface area contributed by atoms with Crippen molar-refractivity contribution in [3.8, 4) is 16.9 Å². The van der Waals surface area contributed by atoms with E-state index in [1.165, 1.54) is 24.3 Å². The van der Waals surface area contributed by atoms with Gasteiger partial charge in [-0.1, -0.05) is 12.1 Å². The van der Waals surface area contributed by atoms with Crippen LogP contribution in [0, 0.1) is 11.6 Å². The predicted octanol–water partition coefficient (Wildman–Crippen LogP) is 4.24. The Bertz CT molecular complexity index is 1100. The van der Waals surface area contributed by atoms with Crippen molar-refractivity contribution < 1.29 is 30.4 Å². The Labute approximate surface area is 150 Å². The van der Waals surface area contributed by atoms with Crippen molar-refractivity contribution in [3.63, 3.8) is 0 Å². The van der Waals surface area contributed by atoms with Gasteiger partial charge in [0, 0.05) is 24.1 Å². The molecule has 0 aliphatic heterocycles. The monoisotopic (exact) mass is 402 g/mol. The second-order valence-electron chi connectivity index (χ2n) is 5.71. The Morgan fingerprint density at radius 3 is 2.15 bits per heavy atom. The first-order chi connectivity index (χ1) is 12.5. The summed E-state index contributed by atoms with van der Waals surface area (Å²) in [7, 11) is -3.47. The van der Waals surface area contributed by atoms with Crippen LogP contribution < -0.4 is 0 Å². The van der Waals surface area contributed by atoms with Crippen molar-refractivity contribution in [1.29, 1.82) is 0 Å². The zero-order chi connectivity index (χ0) is 20.0. The molecule has 4 nitrogen and oxygen atoms in total.